The number of imidazole rings is 1. The second kappa shape index (κ2) is 14.7. The van der Waals surface area contributed by atoms with Gasteiger partial charge in [0.2, 0.25) is 0 Å². The molecule has 1 amide bonds. The zero-order valence-electron chi connectivity index (χ0n) is 30.2. The second-order valence-electron chi connectivity index (χ2n) is 15.4. The summed E-state index contributed by atoms with van der Waals surface area (Å²) in [5, 5.41) is 4.99. The first-order valence-electron chi connectivity index (χ1n) is 17.4. The predicted molar refractivity (Wildman–Crippen MR) is 200 cm³/mol. The van der Waals surface area contributed by atoms with Crippen molar-refractivity contribution in [3.05, 3.63) is 59.8 Å². The summed E-state index contributed by atoms with van der Waals surface area (Å²) in [6, 6.07) is 10.6. The minimum Gasteiger partial charge on any atom is -0.456 e. The standard InChI is InChI=1S/C37H48ClN7O4Si/c1-25-41-29-9-8-28(20-32(29)45(25)24-47-18-19-50(5,6)7)48-33-11-10-30-35(34(33)38)42-31(22-39-30)27-21-40-44(23-27)17-14-26-12-15-43(16-13-26)36(46)49-37(2,3)4/h8-11,20-23,26H,12-19,24H2,1-7H3. The summed E-state index contributed by atoms with van der Waals surface area (Å²) in [5.41, 5.74) is 4.13. The third-order valence-corrected chi connectivity index (χ3v) is 11.0. The number of aryl methyl sites for hydroxylation is 2. The Bertz CT molecular complexity index is 1970. The Balaban J connectivity index is 1.10. The number of hydrogen-bond donors (Lipinski definition) is 0. The van der Waals surface area contributed by atoms with Gasteiger partial charge in [-0.2, -0.15) is 5.10 Å². The number of carbonyl (C=O) groups excluding carboxylic acids is 1. The molecule has 0 N–H and O–H groups in total. The number of fused-ring (bicyclic) bond motifs is 2. The molecule has 0 aliphatic carbocycles. The molecule has 50 heavy (non-hydrogen) atoms. The molecule has 3 aromatic heterocycles. The van der Waals surface area contributed by atoms with E-state index in [0.29, 0.717) is 45.9 Å². The zero-order chi connectivity index (χ0) is 35.6. The van der Waals surface area contributed by atoms with Gasteiger partial charge in [0.05, 0.1) is 34.6 Å². The lowest BCUT2D eigenvalue weighted by Gasteiger charge is -2.33. The van der Waals surface area contributed by atoms with E-state index in [0.717, 1.165) is 74.0 Å². The van der Waals surface area contributed by atoms with Crippen LogP contribution in [-0.4, -0.2) is 73.7 Å². The lowest BCUT2D eigenvalue weighted by atomic mass is 9.94. The van der Waals surface area contributed by atoms with Crippen LogP contribution < -0.4 is 4.74 Å². The van der Waals surface area contributed by atoms with Gasteiger partial charge in [-0.15, -0.1) is 0 Å². The third-order valence-electron chi connectivity index (χ3n) is 8.93. The average Bonchev–Trinajstić information content (AvgIpc) is 3.66. The lowest BCUT2D eigenvalue weighted by Crippen LogP contribution is -2.41. The van der Waals surface area contributed by atoms with Crippen molar-refractivity contribution in [3.8, 4) is 22.8 Å². The highest BCUT2D eigenvalue weighted by Gasteiger charge is 2.27. The molecule has 0 saturated carbocycles. The Morgan fingerprint density at radius 3 is 2.54 bits per heavy atom. The van der Waals surface area contributed by atoms with E-state index in [1.807, 2.05) is 80.0 Å². The maximum Gasteiger partial charge on any atom is 0.410 e. The summed E-state index contributed by atoms with van der Waals surface area (Å²) >= 11 is 6.91. The third kappa shape index (κ3) is 8.83. The molecule has 0 atom stereocenters. The molecule has 2 aromatic carbocycles. The van der Waals surface area contributed by atoms with Crippen molar-refractivity contribution in [2.75, 3.05) is 19.7 Å². The van der Waals surface area contributed by atoms with Crippen LogP contribution >= 0.6 is 11.6 Å². The Hall–Kier alpha value is -4.00. The lowest BCUT2D eigenvalue weighted by molar-refractivity contribution is 0.0179. The van der Waals surface area contributed by atoms with Gasteiger partial charge in [-0.1, -0.05) is 31.2 Å². The Morgan fingerprint density at radius 1 is 1.04 bits per heavy atom. The van der Waals surface area contributed by atoms with Crippen molar-refractivity contribution >= 4 is 47.8 Å². The molecule has 266 valence electrons. The Labute approximate surface area is 299 Å². The highest BCUT2D eigenvalue weighted by molar-refractivity contribution is 6.76. The van der Waals surface area contributed by atoms with Crippen LogP contribution in [0.2, 0.25) is 30.7 Å². The number of amides is 1. The monoisotopic (exact) mass is 717 g/mol. The molecule has 0 unspecified atom stereocenters. The van der Waals surface area contributed by atoms with Crippen LogP contribution in [0.15, 0.2) is 48.9 Å². The summed E-state index contributed by atoms with van der Waals surface area (Å²) in [6.07, 6.45) is 8.22. The van der Waals surface area contributed by atoms with Gasteiger partial charge in [0, 0.05) is 52.1 Å². The number of benzene rings is 2. The molecule has 0 bridgehead atoms. The summed E-state index contributed by atoms with van der Waals surface area (Å²) in [6.45, 7) is 18.1. The fourth-order valence-electron chi connectivity index (χ4n) is 6.02. The molecule has 1 aliphatic heterocycles. The highest BCUT2D eigenvalue weighted by atomic mass is 35.5. The maximum absolute atomic E-state index is 12.4. The number of carbonyl (C=O) groups is 1. The molecular formula is C37H48ClN7O4Si. The Kier molecular flexibility index (Phi) is 10.5. The quantitative estimate of drug-likeness (QED) is 0.0984. The molecular weight excluding hydrogens is 670 g/mol. The number of aromatic nitrogens is 6. The molecule has 13 heteroatoms. The van der Waals surface area contributed by atoms with Crippen LogP contribution in [0.25, 0.3) is 33.3 Å². The molecule has 5 aromatic rings. The predicted octanol–water partition coefficient (Wildman–Crippen LogP) is 8.95. The zero-order valence-corrected chi connectivity index (χ0v) is 32.0. The van der Waals surface area contributed by atoms with E-state index in [-0.39, 0.29) is 6.09 Å². The van der Waals surface area contributed by atoms with Crippen molar-refractivity contribution in [2.45, 2.75) is 91.5 Å². The van der Waals surface area contributed by atoms with Crippen LogP contribution in [-0.2, 0) is 22.7 Å². The molecule has 6 rings (SSSR count). The number of ether oxygens (including phenoxy) is 3. The summed E-state index contributed by atoms with van der Waals surface area (Å²) in [5.74, 6) is 2.55. The summed E-state index contributed by atoms with van der Waals surface area (Å²) in [4.78, 5) is 28.5. The number of piperidine rings is 1. The fraction of sp³-hybridized carbons (Fsp3) is 0.486. The molecule has 0 spiro atoms. The number of halogens is 1. The average molecular weight is 718 g/mol. The van der Waals surface area contributed by atoms with Crippen LogP contribution in [0.3, 0.4) is 0 Å². The fourth-order valence-corrected chi connectivity index (χ4v) is 7.02. The molecule has 1 aliphatic rings. The number of hydrogen-bond acceptors (Lipinski definition) is 8. The normalized spacial score (nSPS) is 14.5. The first kappa shape index (κ1) is 35.8. The van der Waals surface area contributed by atoms with Gasteiger partial charge in [0.15, 0.2) is 0 Å². The summed E-state index contributed by atoms with van der Waals surface area (Å²) < 4.78 is 21.9. The van der Waals surface area contributed by atoms with Crippen molar-refractivity contribution < 1.29 is 19.0 Å². The van der Waals surface area contributed by atoms with E-state index in [4.69, 9.17) is 35.8 Å². The minimum atomic E-state index is -1.17. The molecule has 4 heterocycles. The molecule has 1 saturated heterocycles. The largest absolute Gasteiger partial charge is 0.456 e. The summed E-state index contributed by atoms with van der Waals surface area (Å²) in [7, 11) is -1.17. The smallest absolute Gasteiger partial charge is 0.410 e. The van der Waals surface area contributed by atoms with E-state index in [9.17, 15) is 4.79 Å². The molecule has 0 radical (unpaired) electrons. The van der Waals surface area contributed by atoms with Crippen LogP contribution in [0.5, 0.6) is 11.5 Å². The maximum atomic E-state index is 12.4. The minimum absolute atomic E-state index is 0.225. The van der Waals surface area contributed by atoms with Gasteiger partial charge in [-0.25, -0.2) is 14.8 Å². The van der Waals surface area contributed by atoms with E-state index < -0.39 is 13.7 Å². The number of nitrogens with zero attached hydrogens (tertiary/aromatic N) is 7. The van der Waals surface area contributed by atoms with E-state index in [2.05, 4.69) is 34.3 Å². The van der Waals surface area contributed by atoms with E-state index in [1.165, 1.54) is 0 Å². The van der Waals surface area contributed by atoms with Gasteiger partial charge < -0.3 is 23.7 Å². The van der Waals surface area contributed by atoms with Gasteiger partial charge >= 0.3 is 6.09 Å². The van der Waals surface area contributed by atoms with Crippen molar-refractivity contribution in [3.63, 3.8) is 0 Å². The van der Waals surface area contributed by atoms with Crippen LogP contribution in [0.4, 0.5) is 4.79 Å². The number of likely N-dealkylation sites (tertiary alicyclic amines) is 1. The van der Waals surface area contributed by atoms with E-state index in [1.54, 1.807) is 6.20 Å². The highest BCUT2D eigenvalue weighted by Crippen LogP contribution is 2.36. The van der Waals surface area contributed by atoms with Crippen LogP contribution in [0.1, 0.15) is 45.9 Å². The molecule has 11 nitrogen and oxygen atoms in total. The first-order chi connectivity index (χ1) is 23.7. The van der Waals surface area contributed by atoms with Gasteiger partial charge in [0.25, 0.3) is 0 Å². The van der Waals surface area contributed by atoms with Crippen molar-refractivity contribution in [1.29, 1.82) is 0 Å². The van der Waals surface area contributed by atoms with E-state index >= 15 is 0 Å². The first-order valence-corrected chi connectivity index (χ1v) is 21.5. The van der Waals surface area contributed by atoms with Gasteiger partial charge in [-0.3, -0.25) is 9.67 Å². The van der Waals surface area contributed by atoms with Gasteiger partial charge in [-0.05, 0) is 83.2 Å². The second-order valence-corrected chi connectivity index (χ2v) is 21.4. The van der Waals surface area contributed by atoms with Crippen molar-refractivity contribution in [2.24, 2.45) is 5.92 Å². The Morgan fingerprint density at radius 2 is 1.80 bits per heavy atom. The SMILES string of the molecule is Cc1nc2ccc(Oc3ccc4ncc(-c5cnn(CCC6CCN(C(=O)OC(C)(C)C)CC6)c5)nc4c3Cl)cc2n1COCC[Si](C)(C)C. The van der Waals surface area contributed by atoms with Crippen LogP contribution in [0, 0.1) is 12.8 Å². The topological polar surface area (TPSA) is 109 Å². The molecule has 1 fully saturated rings. The number of rotatable bonds is 11. The van der Waals surface area contributed by atoms with Crippen molar-refractivity contribution in [1.82, 2.24) is 34.2 Å². The van der Waals surface area contributed by atoms with Gasteiger partial charge in [0.1, 0.15) is 40.2 Å².